The molecule has 1 N–H and O–H groups in total. The number of carbonyl (C=O) groups excluding carboxylic acids is 1. The Balaban J connectivity index is 2.45. The maximum absolute atomic E-state index is 13.6. The molecule has 2 aromatic rings. The van der Waals surface area contributed by atoms with Crippen molar-refractivity contribution in [2.75, 3.05) is 5.32 Å². The number of benzene rings is 2. The highest BCUT2D eigenvalue weighted by molar-refractivity contribution is 6.34. The van der Waals surface area contributed by atoms with E-state index in [1.54, 1.807) is 26.0 Å². The van der Waals surface area contributed by atoms with Crippen LogP contribution in [0.1, 0.15) is 21.5 Å². The minimum Gasteiger partial charge on any atom is -0.320 e. The Kier molecular flexibility index (Phi) is 4.42. The fraction of sp³-hybridized carbons (Fsp3) is 0.133. The van der Waals surface area contributed by atoms with Gasteiger partial charge in [0.1, 0.15) is 11.4 Å². The van der Waals surface area contributed by atoms with Crippen LogP contribution in [0.5, 0.6) is 0 Å². The smallest absolute Gasteiger partial charge is 0.261 e. The van der Waals surface area contributed by atoms with Gasteiger partial charge in [0.2, 0.25) is 0 Å². The molecule has 2 rings (SSSR count). The van der Waals surface area contributed by atoms with Crippen LogP contribution in [0.3, 0.4) is 0 Å². The second kappa shape index (κ2) is 5.96. The normalized spacial score (nSPS) is 10.7. The Morgan fingerprint density at radius 3 is 2.23 bits per heavy atom. The van der Waals surface area contributed by atoms with E-state index in [-0.39, 0.29) is 16.8 Å². The average Bonchev–Trinajstić information content (AvgIpc) is 2.40. The summed E-state index contributed by atoms with van der Waals surface area (Å²) < 4.78 is 53.2. The van der Waals surface area contributed by atoms with Gasteiger partial charge in [-0.25, -0.2) is 17.6 Å². The van der Waals surface area contributed by atoms with E-state index in [1.807, 2.05) is 0 Å². The van der Waals surface area contributed by atoms with E-state index in [0.29, 0.717) is 5.56 Å². The van der Waals surface area contributed by atoms with Crippen molar-refractivity contribution >= 4 is 23.2 Å². The first kappa shape index (κ1) is 16.3. The molecule has 0 bridgehead atoms. The maximum atomic E-state index is 13.6. The van der Waals surface area contributed by atoms with Gasteiger partial charge in [-0.15, -0.1) is 0 Å². The van der Waals surface area contributed by atoms with Crippen LogP contribution in [-0.4, -0.2) is 5.91 Å². The fourth-order valence-electron chi connectivity index (χ4n) is 2.02. The third-order valence-corrected chi connectivity index (χ3v) is 3.31. The summed E-state index contributed by atoms with van der Waals surface area (Å²) in [6, 6.07) is 3.35. The van der Waals surface area contributed by atoms with Crippen molar-refractivity contribution in [1.29, 1.82) is 0 Å². The lowest BCUT2D eigenvalue weighted by Gasteiger charge is -2.12. The zero-order chi connectivity index (χ0) is 16.6. The summed E-state index contributed by atoms with van der Waals surface area (Å²) in [4.78, 5) is 12.0. The van der Waals surface area contributed by atoms with Crippen LogP contribution in [0, 0.1) is 37.1 Å². The van der Waals surface area contributed by atoms with Gasteiger partial charge in [0, 0.05) is 6.07 Å². The maximum Gasteiger partial charge on any atom is 0.261 e. The third kappa shape index (κ3) is 2.92. The zero-order valence-corrected chi connectivity index (χ0v) is 12.3. The molecule has 0 spiro atoms. The van der Waals surface area contributed by atoms with E-state index in [0.717, 1.165) is 5.56 Å². The summed E-state index contributed by atoms with van der Waals surface area (Å²) in [6.07, 6.45) is 0. The molecular formula is C15H10ClF4NO. The van der Waals surface area contributed by atoms with Crippen molar-refractivity contribution in [2.24, 2.45) is 0 Å². The van der Waals surface area contributed by atoms with Crippen molar-refractivity contribution in [3.8, 4) is 0 Å². The van der Waals surface area contributed by atoms with Crippen LogP contribution in [0.15, 0.2) is 18.2 Å². The summed E-state index contributed by atoms with van der Waals surface area (Å²) in [5.74, 6) is -8.29. The molecule has 0 aliphatic heterocycles. The average molecular weight is 332 g/mol. The van der Waals surface area contributed by atoms with Crippen LogP contribution in [-0.2, 0) is 0 Å². The van der Waals surface area contributed by atoms with Gasteiger partial charge >= 0.3 is 0 Å². The molecule has 0 unspecified atom stereocenters. The van der Waals surface area contributed by atoms with E-state index in [9.17, 15) is 22.4 Å². The van der Waals surface area contributed by atoms with E-state index in [2.05, 4.69) is 5.32 Å². The molecule has 22 heavy (non-hydrogen) atoms. The fourth-order valence-corrected chi connectivity index (χ4v) is 2.39. The van der Waals surface area contributed by atoms with E-state index < -0.39 is 34.7 Å². The minimum atomic E-state index is -1.92. The standard InChI is InChI=1S/C15H10ClF4NO/c1-6-3-7(2)14(8(16)4-6)21-15(22)11-9(17)5-10(18)12(19)13(11)20/h3-5H,1-2H3,(H,21,22). The van der Waals surface area contributed by atoms with Crippen LogP contribution < -0.4 is 5.32 Å². The molecule has 0 atom stereocenters. The minimum absolute atomic E-state index is 0.108. The zero-order valence-electron chi connectivity index (χ0n) is 11.5. The predicted molar refractivity (Wildman–Crippen MR) is 75.2 cm³/mol. The van der Waals surface area contributed by atoms with Gasteiger partial charge < -0.3 is 5.32 Å². The van der Waals surface area contributed by atoms with Crippen molar-refractivity contribution < 1.29 is 22.4 Å². The first-order valence-electron chi connectivity index (χ1n) is 6.13. The number of hydrogen-bond acceptors (Lipinski definition) is 1. The molecule has 0 aliphatic rings. The van der Waals surface area contributed by atoms with Gasteiger partial charge in [-0.1, -0.05) is 17.7 Å². The molecule has 1 amide bonds. The molecule has 0 heterocycles. The highest BCUT2D eigenvalue weighted by Gasteiger charge is 2.25. The number of amides is 1. The number of nitrogens with one attached hydrogen (secondary N) is 1. The first-order chi connectivity index (χ1) is 10.2. The summed E-state index contributed by atoms with van der Waals surface area (Å²) in [5, 5.41) is 2.37. The van der Waals surface area contributed by atoms with Crippen molar-refractivity contribution in [3.63, 3.8) is 0 Å². The highest BCUT2D eigenvalue weighted by atomic mass is 35.5. The molecule has 0 aromatic heterocycles. The van der Waals surface area contributed by atoms with Crippen molar-refractivity contribution in [3.05, 3.63) is 63.2 Å². The molecule has 116 valence electrons. The van der Waals surface area contributed by atoms with E-state index in [4.69, 9.17) is 11.6 Å². The van der Waals surface area contributed by atoms with Gasteiger partial charge in [-0.05, 0) is 31.0 Å². The summed E-state index contributed by atoms with van der Waals surface area (Å²) >= 11 is 5.97. The summed E-state index contributed by atoms with van der Waals surface area (Å²) in [6.45, 7) is 3.41. The predicted octanol–water partition coefficient (Wildman–Crippen LogP) is 4.77. The Bertz CT molecular complexity index is 754. The lowest BCUT2D eigenvalue weighted by molar-refractivity contribution is 0.101. The van der Waals surface area contributed by atoms with Crippen molar-refractivity contribution in [1.82, 2.24) is 0 Å². The Morgan fingerprint density at radius 2 is 1.64 bits per heavy atom. The molecule has 7 heteroatoms. The third-order valence-electron chi connectivity index (χ3n) is 3.01. The lowest BCUT2D eigenvalue weighted by atomic mass is 10.1. The topological polar surface area (TPSA) is 29.1 Å². The van der Waals surface area contributed by atoms with Crippen LogP contribution in [0.25, 0.3) is 0 Å². The molecule has 0 radical (unpaired) electrons. The van der Waals surface area contributed by atoms with Crippen LogP contribution >= 0.6 is 11.6 Å². The second-order valence-electron chi connectivity index (χ2n) is 4.74. The largest absolute Gasteiger partial charge is 0.320 e. The van der Waals surface area contributed by atoms with Gasteiger partial charge in [-0.2, -0.15) is 0 Å². The Labute approximate surface area is 128 Å². The number of carbonyl (C=O) groups is 1. The number of anilines is 1. The Hall–Kier alpha value is -2.08. The first-order valence-corrected chi connectivity index (χ1v) is 6.51. The van der Waals surface area contributed by atoms with Crippen LogP contribution in [0.2, 0.25) is 5.02 Å². The van der Waals surface area contributed by atoms with E-state index in [1.165, 1.54) is 0 Å². The lowest BCUT2D eigenvalue weighted by Crippen LogP contribution is -2.18. The quantitative estimate of drug-likeness (QED) is 0.479. The molecular weight excluding hydrogens is 322 g/mol. The number of halogens is 5. The molecule has 0 fully saturated rings. The van der Waals surface area contributed by atoms with Crippen LogP contribution in [0.4, 0.5) is 23.2 Å². The van der Waals surface area contributed by atoms with Gasteiger partial charge in [-0.3, -0.25) is 4.79 Å². The summed E-state index contributed by atoms with van der Waals surface area (Å²) in [7, 11) is 0. The monoisotopic (exact) mass is 331 g/mol. The highest BCUT2D eigenvalue weighted by Crippen LogP contribution is 2.28. The molecule has 2 nitrogen and oxygen atoms in total. The van der Waals surface area contributed by atoms with E-state index >= 15 is 0 Å². The number of hydrogen-bond donors (Lipinski definition) is 1. The Morgan fingerprint density at radius 1 is 1.00 bits per heavy atom. The SMILES string of the molecule is Cc1cc(C)c(NC(=O)c2c(F)cc(F)c(F)c2F)c(Cl)c1. The summed E-state index contributed by atoms with van der Waals surface area (Å²) in [5.41, 5.74) is 0.308. The molecule has 2 aromatic carbocycles. The molecule has 0 saturated heterocycles. The number of aryl methyl sites for hydroxylation is 2. The van der Waals surface area contributed by atoms with Gasteiger partial charge in [0.05, 0.1) is 10.7 Å². The number of rotatable bonds is 2. The van der Waals surface area contributed by atoms with Gasteiger partial charge in [0.25, 0.3) is 5.91 Å². The molecule has 0 saturated carbocycles. The second-order valence-corrected chi connectivity index (χ2v) is 5.14. The molecule has 0 aliphatic carbocycles. The van der Waals surface area contributed by atoms with Crippen molar-refractivity contribution in [2.45, 2.75) is 13.8 Å². The van der Waals surface area contributed by atoms with Gasteiger partial charge in [0.15, 0.2) is 17.5 Å².